The van der Waals surface area contributed by atoms with Crippen molar-refractivity contribution >= 4 is 11.9 Å². The third kappa shape index (κ3) is 2.70. The Kier molecular flexibility index (Phi) is 4.04. The van der Waals surface area contributed by atoms with Gasteiger partial charge in [-0.15, -0.1) is 0 Å². The number of methoxy groups -OCH3 is 2. The summed E-state index contributed by atoms with van der Waals surface area (Å²) >= 11 is 0. The van der Waals surface area contributed by atoms with Gasteiger partial charge in [-0.1, -0.05) is 12.1 Å². The Morgan fingerprint density at radius 2 is 1.95 bits per heavy atom. The second-order valence-electron chi connectivity index (χ2n) is 4.46. The third-order valence-corrected chi connectivity index (χ3v) is 3.44. The minimum absolute atomic E-state index is 0.146. The lowest BCUT2D eigenvalue weighted by Gasteiger charge is -2.29. The summed E-state index contributed by atoms with van der Waals surface area (Å²) in [4.78, 5) is 23.6. The second-order valence-corrected chi connectivity index (χ2v) is 4.46. The predicted molar refractivity (Wildman–Crippen MR) is 68.9 cm³/mol. The molecule has 2 atom stereocenters. The van der Waals surface area contributed by atoms with Crippen molar-refractivity contribution in [2.24, 2.45) is 5.92 Å². The van der Waals surface area contributed by atoms with Gasteiger partial charge in [-0.05, 0) is 24.1 Å². The summed E-state index contributed by atoms with van der Waals surface area (Å²) in [6.45, 7) is 0.572. The van der Waals surface area contributed by atoms with Crippen LogP contribution in [0.4, 0.5) is 0 Å². The van der Waals surface area contributed by atoms with E-state index in [9.17, 15) is 9.59 Å². The van der Waals surface area contributed by atoms with E-state index >= 15 is 0 Å². The fourth-order valence-electron chi connectivity index (χ4n) is 2.42. The molecule has 1 aliphatic rings. The lowest BCUT2D eigenvalue weighted by atomic mass is 9.80. The Morgan fingerprint density at radius 3 is 2.53 bits per heavy atom. The van der Waals surface area contributed by atoms with Gasteiger partial charge < -0.3 is 14.8 Å². The standard InChI is InChI=1S/C14H17NO4/c1-18-10-5-3-9(4-6-10)11-7-8-15-13(16)12(11)14(17)19-2/h3-6,11-12H,7-8H2,1-2H3,(H,15,16)/t11-,12-/m0/s1. The number of nitrogens with one attached hydrogen (secondary N) is 1. The fourth-order valence-corrected chi connectivity index (χ4v) is 2.42. The zero-order valence-electron chi connectivity index (χ0n) is 11.0. The van der Waals surface area contributed by atoms with Crippen LogP contribution in [0.15, 0.2) is 24.3 Å². The lowest BCUT2D eigenvalue weighted by molar-refractivity contribution is -0.152. The van der Waals surface area contributed by atoms with Gasteiger partial charge in [-0.25, -0.2) is 0 Å². The molecule has 0 saturated carbocycles. The van der Waals surface area contributed by atoms with Gasteiger partial charge >= 0.3 is 5.97 Å². The topological polar surface area (TPSA) is 64.6 Å². The molecule has 1 aromatic rings. The van der Waals surface area contributed by atoms with E-state index in [2.05, 4.69) is 5.32 Å². The number of benzene rings is 1. The van der Waals surface area contributed by atoms with Crippen LogP contribution in [0.5, 0.6) is 5.75 Å². The number of piperidine rings is 1. The van der Waals surface area contributed by atoms with Crippen LogP contribution in [-0.4, -0.2) is 32.6 Å². The maximum Gasteiger partial charge on any atom is 0.318 e. The Bertz CT molecular complexity index is 461. The number of carbonyl (C=O) groups excluding carboxylic acids is 2. The summed E-state index contributed by atoms with van der Waals surface area (Å²) in [5.41, 5.74) is 0.950. The smallest absolute Gasteiger partial charge is 0.318 e. The zero-order valence-corrected chi connectivity index (χ0v) is 11.0. The normalized spacial score (nSPS) is 22.5. The molecule has 5 heteroatoms. The van der Waals surface area contributed by atoms with Crippen LogP contribution in [0, 0.1) is 5.92 Å². The molecule has 1 aromatic carbocycles. The highest BCUT2D eigenvalue weighted by molar-refractivity contribution is 5.99. The quantitative estimate of drug-likeness (QED) is 0.655. The molecular weight excluding hydrogens is 246 g/mol. The van der Waals surface area contributed by atoms with E-state index in [-0.39, 0.29) is 11.8 Å². The van der Waals surface area contributed by atoms with Crippen LogP contribution in [-0.2, 0) is 14.3 Å². The fraction of sp³-hybridized carbons (Fsp3) is 0.429. The largest absolute Gasteiger partial charge is 0.497 e. The van der Waals surface area contributed by atoms with E-state index in [0.717, 1.165) is 17.7 Å². The van der Waals surface area contributed by atoms with Crippen LogP contribution in [0.25, 0.3) is 0 Å². The van der Waals surface area contributed by atoms with E-state index in [0.29, 0.717) is 6.54 Å². The highest BCUT2D eigenvalue weighted by Gasteiger charge is 2.39. The van der Waals surface area contributed by atoms with Crippen molar-refractivity contribution in [2.45, 2.75) is 12.3 Å². The number of rotatable bonds is 3. The molecule has 0 aliphatic carbocycles. The van der Waals surface area contributed by atoms with Gasteiger partial charge in [0.05, 0.1) is 14.2 Å². The number of ether oxygens (including phenoxy) is 2. The minimum Gasteiger partial charge on any atom is -0.497 e. The van der Waals surface area contributed by atoms with Crippen molar-refractivity contribution < 1.29 is 19.1 Å². The van der Waals surface area contributed by atoms with Crippen molar-refractivity contribution in [3.05, 3.63) is 29.8 Å². The Hall–Kier alpha value is -2.04. The first kappa shape index (κ1) is 13.4. The molecule has 5 nitrogen and oxygen atoms in total. The van der Waals surface area contributed by atoms with Crippen LogP contribution in [0.3, 0.4) is 0 Å². The molecule has 102 valence electrons. The summed E-state index contributed by atoms with van der Waals surface area (Å²) in [5, 5.41) is 2.71. The highest BCUT2D eigenvalue weighted by atomic mass is 16.5. The molecule has 1 heterocycles. The van der Waals surface area contributed by atoms with Crippen LogP contribution >= 0.6 is 0 Å². The van der Waals surface area contributed by atoms with E-state index in [1.165, 1.54) is 7.11 Å². The van der Waals surface area contributed by atoms with Gasteiger partial charge in [0.2, 0.25) is 5.91 Å². The molecule has 1 N–H and O–H groups in total. The van der Waals surface area contributed by atoms with E-state index < -0.39 is 11.9 Å². The second kappa shape index (κ2) is 5.73. The first-order chi connectivity index (χ1) is 9.17. The third-order valence-electron chi connectivity index (χ3n) is 3.44. The molecule has 0 radical (unpaired) electrons. The minimum atomic E-state index is -0.771. The SMILES string of the molecule is COC(=O)[C@@H]1C(=O)NCC[C@H]1c1ccc(OC)cc1. The molecule has 1 fully saturated rings. The molecule has 1 saturated heterocycles. The monoisotopic (exact) mass is 263 g/mol. The molecule has 2 rings (SSSR count). The summed E-state index contributed by atoms with van der Waals surface area (Å²) in [7, 11) is 2.90. The Balaban J connectivity index is 2.28. The van der Waals surface area contributed by atoms with Gasteiger partial charge in [0.25, 0.3) is 0 Å². The molecule has 0 unspecified atom stereocenters. The first-order valence-electron chi connectivity index (χ1n) is 6.17. The van der Waals surface area contributed by atoms with Crippen molar-refractivity contribution in [3.63, 3.8) is 0 Å². The van der Waals surface area contributed by atoms with Gasteiger partial charge in [0.1, 0.15) is 11.7 Å². The van der Waals surface area contributed by atoms with Gasteiger partial charge in [0.15, 0.2) is 0 Å². The average Bonchev–Trinajstić information content (AvgIpc) is 2.46. The van der Waals surface area contributed by atoms with E-state index in [4.69, 9.17) is 9.47 Å². The molecular formula is C14H17NO4. The van der Waals surface area contributed by atoms with Crippen LogP contribution < -0.4 is 10.1 Å². The predicted octanol–water partition coefficient (Wildman–Crippen LogP) is 1.09. The number of carbonyl (C=O) groups is 2. The maximum atomic E-state index is 11.9. The first-order valence-corrected chi connectivity index (χ1v) is 6.17. The molecule has 0 bridgehead atoms. The summed E-state index contributed by atoms with van der Waals surface area (Å²) in [5.74, 6) is -0.921. The average molecular weight is 263 g/mol. The molecule has 1 aliphatic heterocycles. The van der Waals surface area contributed by atoms with Crippen LogP contribution in [0.2, 0.25) is 0 Å². The van der Waals surface area contributed by atoms with E-state index in [1.54, 1.807) is 7.11 Å². The van der Waals surface area contributed by atoms with Crippen LogP contribution in [0.1, 0.15) is 17.9 Å². The van der Waals surface area contributed by atoms with E-state index in [1.807, 2.05) is 24.3 Å². The summed E-state index contributed by atoms with van der Waals surface area (Å²) < 4.78 is 9.83. The summed E-state index contributed by atoms with van der Waals surface area (Å²) in [6.07, 6.45) is 0.720. The van der Waals surface area contributed by atoms with Gasteiger partial charge in [0, 0.05) is 12.5 Å². The van der Waals surface area contributed by atoms with Crippen molar-refractivity contribution in [3.8, 4) is 5.75 Å². The highest BCUT2D eigenvalue weighted by Crippen LogP contribution is 2.32. The number of hydrogen-bond acceptors (Lipinski definition) is 4. The molecule has 0 spiro atoms. The molecule has 19 heavy (non-hydrogen) atoms. The number of hydrogen-bond donors (Lipinski definition) is 1. The van der Waals surface area contributed by atoms with Crippen molar-refractivity contribution in [1.29, 1.82) is 0 Å². The number of esters is 1. The van der Waals surface area contributed by atoms with Gasteiger partial charge in [-0.2, -0.15) is 0 Å². The maximum absolute atomic E-state index is 11.9. The molecule has 1 amide bonds. The molecule has 0 aromatic heterocycles. The zero-order chi connectivity index (χ0) is 13.8. The van der Waals surface area contributed by atoms with Crippen molar-refractivity contribution in [1.82, 2.24) is 5.32 Å². The van der Waals surface area contributed by atoms with Gasteiger partial charge in [-0.3, -0.25) is 9.59 Å². The van der Waals surface area contributed by atoms with Crippen molar-refractivity contribution in [2.75, 3.05) is 20.8 Å². The number of amides is 1. The Labute approximate surface area is 111 Å². The summed E-state index contributed by atoms with van der Waals surface area (Å²) in [6, 6.07) is 7.43. The Morgan fingerprint density at radius 1 is 1.26 bits per heavy atom. The lowest BCUT2D eigenvalue weighted by Crippen LogP contribution is -2.45.